The van der Waals surface area contributed by atoms with E-state index in [1.807, 2.05) is 0 Å². The van der Waals surface area contributed by atoms with Crippen LogP contribution in [0.5, 0.6) is 5.75 Å². The largest absolute Gasteiger partial charge is 0.496 e. The lowest BCUT2D eigenvalue weighted by atomic mass is 9.62. The maximum absolute atomic E-state index is 13.3. The van der Waals surface area contributed by atoms with Crippen molar-refractivity contribution in [3.63, 3.8) is 0 Å². The maximum atomic E-state index is 13.3. The number of hydrogen-bond acceptors (Lipinski definition) is 3. The summed E-state index contributed by atoms with van der Waals surface area (Å²) in [4.78, 5) is 11.4. The first-order valence-electron chi connectivity index (χ1n) is 5.83. The Balaban J connectivity index is 2.41. The zero-order chi connectivity index (χ0) is 13.3. The quantitative estimate of drug-likeness (QED) is 0.861. The maximum Gasteiger partial charge on any atom is 0.311 e. The van der Waals surface area contributed by atoms with Crippen molar-refractivity contribution >= 4 is 5.97 Å². The van der Waals surface area contributed by atoms with Gasteiger partial charge in [0.05, 0.1) is 12.5 Å². The molecule has 3 N–H and O–H groups in total. The molecule has 1 aliphatic rings. The summed E-state index contributed by atoms with van der Waals surface area (Å²) in [5.41, 5.74) is 5.49. The lowest BCUT2D eigenvalue weighted by Crippen LogP contribution is -2.46. The van der Waals surface area contributed by atoms with Gasteiger partial charge in [-0.05, 0) is 31.0 Å². The Morgan fingerprint density at radius 3 is 2.67 bits per heavy atom. The van der Waals surface area contributed by atoms with Crippen molar-refractivity contribution in [3.05, 3.63) is 29.6 Å². The van der Waals surface area contributed by atoms with Crippen LogP contribution in [0, 0.1) is 11.2 Å². The fourth-order valence-corrected chi connectivity index (χ4v) is 2.46. The summed E-state index contributed by atoms with van der Waals surface area (Å²) in [6.07, 6.45) is 1.87. The fourth-order valence-electron chi connectivity index (χ4n) is 2.46. The molecule has 1 aromatic carbocycles. The third-order valence-corrected chi connectivity index (χ3v) is 3.79. The summed E-state index contributed by atoms with van der Waals surface area (Å²) in [5, 5.41) is 9.33. The van der Waals surface area contributed by atoms with Gasteiger partial charge in [-0.1, -0.05) is 6.42 Å². The van der Waals surface area contributed by atoms with Gasteiger partial charge in [0, 0.05) is 11.6 Å². The van der Waals surface area contributed by atoms with E-state index >= 15 is 0 Å². The molecule has 0 amide bonds. The van der Waals surface area contributed by atoms with Crippen LogP contribution in [0.25, 0.3) is 0 Å². The topological polar surface area (TPSA) is 72.5 Å². The molecule has 1 aliphatic carbocycles. The molecular weight excluding hydrogens is 237 g/mol. The molecule has 0 saturated heterocycles. The van der Waals surface area contributed by atoms with Crippen molar-refractivity contribution in [2.45, 2.75) is 25.3 Å². The molecule has 0 radical (unpaired) electrons. The van der Waals surface area contributed by atoms with Crippen molar-refractivity contribution in [2.75, 3.05) is 7.11 Å². The molecule has 0 aromatic heterocycles. The highest BCUT2D eigenvalue weighted by molar-refractivity contribution is 5.77. The van der Waals surface area contributed by atoms with Crippen molar-refractivity contribution in [1.29, 1.82) is 0 Å². The number of benzene rings is 1. The molecule has 1 fully saturated rings. The average Bonchev–Trinajstić information content (AvgIpc) is 2.26. The number of methoxy groups -OCH3 is 1. The number of carboxylic acid groups (broad SMARTS) is 1. The van der Waals surface area contributed by atoms with Gasteiger partial charge in [-0.3, -0.25) is 4.79 Å². The van der Waals surface area contributed by atoms with Crippen LogP contribution in [0.15, 0.2) is 18.2 Å². The lowest BCUT2D eigenvalue weighted by Gasteiger charge is -2.42. The molecule has 1 saturated carbocycles. The third-order valence-electron chi connectivity index (χ3n) is 3.79. The van der Waals surface area contributed by atoms with E-state index in [1.165, 1.54) is 25.3 Å². The van der Waals surface area contributed by atoms with E-state index in [-0.39, 0.29) is 0 Å². The van der Waals surface area contributed by atoms with Gasteiger partial charge in [-0.15, -0.1) is 0 Å². The third kappa shape index (κ3) is 1.84. The SMILES string of the molecule is COc1ccc(F)cc1C(N)C1(C(=O)O)CCC1. The normalized spacial score (nSPS) is 18.8. The van der Waals surface area contributed by atoms with Crippen LogP contribution in [-0.4, -0.2) is 18.2 Å². The van der Waals surface area contributed by atoms with Crippen LogP contribution in [0.2, 0.25) is 0 Å². The predicted octanol–water partition coefficient (Wildman–Crippen LogP) is 2.09. The van der Waals surface area contributed by atoms with E-state index in [9.17, 15) is 14.3 Å². The second-order valence-electron chi connectivity index (χ2n) is 4.68. The van der Waals surface area contributed by atoms with E-state index in [2.05, 4.69) is 0 Å². The second kappa shape index (κ2) is 4.57. The molecule has 1 atom stereocenters. The first kappa shape index (κ1) is 12.8. The van der Waals surface area contributed by atoms with Gasteiger partial charge < -0.3 is 15.6 Å². The number of halogens is 1. The van der Waals surface area contributed by atoms with E-state index in [1.54, 1.807) is 0 Å². The van der Waals surface area contributed by atoms with Gasteiger partial charge in [-0.25, -0.2) is 4.39 Å². The molecule has 4 nitrogen and oxygen atoms in total. The Labute approximate surface area is 105 Å². The highest BCUT2D eigenvalue weighted by Gasteiger charge is 2.50. The van der Waals surface area contributed by atoms with Crippen molar-refractivity contribution in [3.8, 4) is 5.75 Å². The molecule has 5 heteroatoms. The van der Waals surface area contributed by atoms with Crippen LogP contribution < -0.4 is 10.5 Å². The summed E-state index contributed by atoms with van der Waals surface area (Å²) in [5.74, 6) is -0.940. The molecule has 2 rings (SSSR count). The monoisotopic (exact) mass is 253 g/mol. The van der Waals surface area contributed by atoms with Crippen molar-refractivity contribution in [1.82, 2.24) is 0 Å². The number of carbonyl (C=O) groups is 1. The highest BCUT2D eigenvalue weighted by Crippen LogP contribution is 2.50. The zero-order valence-corrected chi connectivity index (χ0v) is 10.1. The summed E-state index contributed by atoms with van der Waals surface area (Å²) < 4.78 is 18.4. The van der Waals surface area contributed by atoms with E-state index in [0.29, 0.717) is 24.2 Å². The van der Waals surface area contributed by atoms with Crippen LogP contribution in [-0.2, 0) is 4.79 Å². The van der Waals surface area contributed by atoms with Gasteiger partial charge in [0.2, 0.25) is 0 Å². The van der Waals surface area contributed by atoms with Crippen molar-refractivity contribution < 1.29 is 19.0 Å². The van der Waals surface area contributed by atoms with Gasteiger partial charge in [0.25, 0.3) is 0 Å². The summed E-state index contributed by atoms with van der Waals surface area (Å²) in [6.45, 7) is 0. The molecular formula is C13H16FNO3. The van der Waals surface area contributed by atoms with Gasteiger partial charge in [-0.2, -0.15) is 0 Å². The van der Waals surface area contributed by atoms with E-state index in [0.717, 1.165) is 6.42 Å². The minimum atomic E-state index is -0.985. The molecule has 0 spiro atoms. The molecule has 0 heterocycles. The highest BCUT2D eigenvalue weighted by atomic mass is 19.1. The predicted molar refractivity (Wildman–Crippen MR) is 63.8 cm³/mol. The smallest absolute Gasteiger partial charge is 0.311 e. The zero-order valence-electron chi connectivity index (χ0n) is 10.1. The average molecular weight is 253 g/mol. The summed E-state index contributed by atoms with van der Waals surface area (Å²) >= 11 is 0. The first-order chi connectivity index (χ1) is 8.51. The summed E-state index contributed by atoms with van der Waals surface area (Å²) in [7, 11) is 1.46. The van der Waals surface area contributed by atoms with Crippen LogP contribution in [0.4, 0.5) is 4.39 Å². The molecule has 0 aliphatic heterocycles. The van der Waals surface area contributed by atoms with E-state index in [4.69, 9.17) is 10.5 Å². The number of aliphatic carboxylic acids is 1. The van der Waals surface area contributed by atoms with Gasteiger partial charge in [0.1, 0.15) is 11.6 Å². The minimum Gasteiger partial charge on any atom is -0.496 e. The first-order valence-corrected chi connectivity index (χ1v) is 5.83. The molecule has 98 valence electrons. The number of rotatable bonds is 4. The Morgan fingerprint density at radius 2 is 2.22 bits per heavy atom. The van der Waals surface area contributed by atoms with Gasteiger partial charge in [0.15, 0.2) is 0 Å². The fraction of sp³-hybridized carbons (Fsp3) is 0.462. The Kier molecular flexibility index (Phi) is 3.26. The molecule has 0 bridgehead atoms. The number of ether oxygens (including phenoxy) is 1. The summed E-state index contributed by atoms with van der Waals surface area (Å²) in [6, 6.07) is 3.24. The number of nitrogens with two attached hydrogens (primary N) is 1. The molecule has 18 heavy (non-hydrogen) atoms. The standard InChI is InChI=1S/C13H16FNO3/c1-18-10-4-3-8(14)7-9(10)11(15)13(12(16)17)5-2-6-13/h3-4,7,11H,2,5-6,15H2,1H3,(H,16,17). The van der Waals surface area contributed by atoms with Gasteiger partial charge >= 0.3 is 5.97 Å². The van der Waals surface area contributed by atoms with Crippen LogP contribution in [0.1, 0.15) is 30.9 Å². The number of hydrogen-bond donors (Lipinski definition) is 2. The molecule has 1 aromatic rings. The Bertz CT molecular complexity index is 471. The Hall–Kier alpha value is -1.62. The van der Waals surface area contributed by atoms with Crippen LogP contribution in [0.3, 0.4) is 0 Å². The second-order valence-corrected chi connectivity index (χ2v) is 4.68. The lowest BCUT2D eigenvalue weighted by molar-refractivity contribution is -0.156. The Morgan fingerprint density at radius 1 is 1.56 bits per heavy atom. The van der Waals surface area contributed by atoms with Crippen molar-refractivity contribution in [2.24, 2.45) is 11.1 Å². The minimum absolute atomic E-state index is 0.416. The van der Waals surface area contributed by atoms with E-state index < -0.39 is 23.2 Å². The van der Waals surface area contributed by atoms with Crippen LogP contribution >= 0.6 is 0 Å². The number of carboxylic acids is 1. The molecule has 1 unspecified atom stereocenters.